The number of nitrogens with zero attached hydrogens (tertiary/aromatic N) is 1. The van der Waals surface area contributed by atoms with Gasteiger partial charge in [0.15, 0.2) is 0 Å². The third-order valence-electron chi connectivity index (χ3n) is 1.21. The van der Waals surface area contributed by atoms with E-state index in [1.165, 1.54) is 0 Å². The van der Waals surface area contributed by atoms with Gasteiger partial charge in [0, 0.05) is 6.20 Å². The Morgan fingerprint density at radius 2 is 2.18 bits per heavy atom. The van der Waals surface area contributed by atoms with E-state index in [-0.39, 0.29) is 4.83 Å². The molecule has 0 saturated carbocycles. The molecule has 0 bridgehead atoms. The Morgan fingerprint density at radius 3 is 2.64 bits per heavy atom. The average molecular weight is 255 g/mol. The van der Waals surface area contributed by atoms with Crippen LogP contribution in [0, 0.1) is 0 Å². The van der Waals surface area contributed by atoms with Crippen LogP contribution in [-0.2, 0) is 0 Å². The van der Waals surface area contributed by atoms with Crippen LogP contribution in [0.5, 0.6) is 0 Å². The zero-order valence-corrected chi connectivity index (χ0v) is 8.91. The second-order valence-corrected chi connectivity index (χ2v) is 4.35. The topological polar surface area (TPSA) is 12.9 Å². The Bertz CT molecular complexity index is 263. The van der Waals surface area contributed by atoms with Crippen molar-refractivity contribution in [2.45, 2.75) is 11.8 Å². The van der Waals surface area contributed by atoms with E-state index in [9.17, 15) is 0 Å². The van der Waals surface area contributed by atoms with E-state index in [1.807, 2.05) is 6.92 Å². The van der Waals surface area contributed by atoms with Crippen LogP contribution < -0.4 is 0 Å². The van der Waals surface area contributed by atoms with Crippen LogP contribution in [-0.4, -0.2) is 4.98 Å². The van der Waals surface area contributed by atoms with Crippen molar-refractivity contribution in [1.82, 2.24) is 4.98 Å². The summed E-state index contributed by atoms with van der Waals surface area (Å²) in [6.45, 7) is 1.96. The molecule has 0 aromatic carbocycles. The molecular formula is C7H6BrCl2N. The summed E-state index contributed by atoms with van der Waals surface area (Å²) in [5.41, 5.74) is 0.816. The van der Waals surface area contributed by atoms with Crippen molar-refractivity contribution < 1.29 is 0 Å². The molecule has 0 aliphatic rings. The Balaban J connectivity index is 3.09. The maximum absolute atomic E-state index is 5.85. The molecule has 0 aliphatic carbocycles. The zero-order chi connectivity index (χ0) is 8.43. The fourth-order valence-electron chi connectivity index (χ4n) is 0.718. The lowest BCUT2D eigenvalue weighted by Crippen LogP contribution is -1.89. The maximum Gasteiger partial charge on any atom is 0.0724 e. The van der Waals surface area contributed by atoms with Gasteiger partial charge in [-0.3, -0.25) is 4.98 Å². The minimum absolute atomic E-state index is 0.160. The van der Waals surface area contributed by atoms with E-state index in [4.69, 9.17) is 23.2 Å². The van der Waals surface area contributed by atoms with Crippen LogP contribution in [0.1, 0.15) is 17.4 Å². The zero-order valence-electron chi connectivity index (χ0n) is 5.81. The minimum Gasteiger partial charge on any atom is -0.257 e. The summed E-state index contributed by atoms with van der Waals surface area (Å²) in [6.07, 6.45) is 1.58. The maximum atomic E-state index is 5.85. The van der Waals surface area contributed by atoms with Gasteiger partial charge in [-0.25, -0.2) is 0 Å². The van der Waals surface area contributed by atoms with Gasteiger partial charge in [-0.1, -0.05) is 39.1 Å². The summed E-state index contributed by atoms with van der Waals surface area (Å²) >= 11 is 14.9. The van der Waals surface area contributed by atoms with Gasteiger partial charge in [-0.2, -0.15) is 0 Å². The first-order chi connectivity index (χ1) is 5.11. The van der Waals surface area contributed by atoms with E-state index in [2.05, 4.69) is 20.9 Å². The van der Waals surface area contributed by atoms with Crippen molar-refractivity contribution in [1.29, 1.82) is 0 Å². The molecular weight excluding hydrogens is 249 g/mol. The SMILES string of the molecule is CC(Br)c1ncc(Cl)cc1Cl. The monoisotopic (exact) mass is 253 g/mol. The van der Waals surface area contributed by atoms with E-state index < -0.39 is 0 Å². The first-order valence-corrected chi connectivity index (χ1v) is 4.73. The largest absolute Gasteiger partial charge is 0.257 e. The van der Waals surface area contributed by atoms with Gasteiger partial charge in [0.2, 0.25) is 0 Å². The molecule has 1 unspecified atom stereocenters. The molecule has 1 aromatic heterocycles. The number of hydrogen-bond acceptors (Lipinski definition) is 1. The highest BCUT2D eigenvalue weighted by Crippen LogP contribution is 2.28. The summed E-state index contributed by atoms with van der Waals surface area (Å²) in [7, 11) is 0. The van der Waals surface area contributed by atoms with Crippen molar-refractivity contribution in [3.63, 3.8) is 0 Å². The fourth-order valence-corrected chi connectivity index (χ4v) is 1.76. The van der Waals surface area contributed by atoms with Gasteiger partial charge < -0.3 is 0 Å². The molecule has 1 atom stereocenters. The number of alkyl halides is 1. The van der Waals surface area contributed by atoms with Crippen molar-refractivity contribution in [3.05, 3.63) is 28.0 Å². The first kappa shape index (κ1) is 9.30. The molecule has 0 N–H and O–H groups in total. The minimum atomic E-state index is 0.160. The van der Waals surface area contributed by atoms with Gasteiger partial charge in [-0.05, 0) is 13.0 Å². The first-order valence-electron chi connectivity index (χ1n) is 3.06. The Morgan fingerprint density at radius 1 is 1.55 bits per heavy atom. The number of hydrogen-bond donors (Lipinski definition) is 0. The second-order valence-electron chi connectivity index (χ2n) is 2.14. The molecule has 0 radical (unpaired) electrons. The fraction of sp³-hybridized carbons (Fsp3) is 0.286. The highest BCUT2D eigenvalue weighted by atomic mass is 79.9. The summed E-state index contributed by atoms with van der Waals surface area (Å²) in [4.78, 5) is 4.23. The molecule has 0 fully saturated rings. The van der Waals surface area contributed by atoms with Gasteiger partial charge in [0.25, 0.3) is 0 Å². The number of rotatable bonds is 1. The summed E-state index contributed by atoms with van der Waals surface area (Å²) in [5, 5.41) is 1.16. The Kier molecular flexibility index (Phi) is 3.16. The van der Waals surface area contributed by atoms with Crippen LogP contribution >= 0.6 is 39.1 Å². The van der Waals surface area contributed by atoms with Crippen molar-refractivity contribution in [3.8, 4) is 0 Å². The van der Waals surface area contributed by atoms with E-state index in [1.54, 1.807) is 12.3 Å². The lowest BCUT2D eigenvalue weighted by Gasteiger charge is -2.04. The van der Waals surface area contributed by atoms with Crippen LogP contribution in [0.3, 0.4) is 0 Å². The van der Waals surface area contributed by atoms with Crippen LogP contribution in [0.15, 0.2) is 12.3 Å². The molecule has 1 nitrogen and oxygen atoms in total. The molecule has 1 rings (SSSR count). The second kappa shape index (κ2) is 3.74. The third kappa shape index (κ3) is 2.32. The van der Waals surface area contributed by atoms with Crippen molar-refractivity contribution in [2.24, 2.45) is 0 Å². The third-order valence-corrected chi connectivity index (χ3v) is 2.16. The molecule has 0 amide bonds. The Hall–Kier alpha value is 0.210. The number of halogens is 3. The predicted molar refractivity (Wildman–Crippen MR) is 51.6 cm³/mol. The normalized spacial score (nSPS) is 13.1. The van der Waals surface area contributed by atoms with Gasteiger partial charge in [0.05, 0.1) is 20.6 Å². The van der Waals surface area contributed by atoms with Gasteiger partial charge in [-0.15, -0.1) is 0 Å². The predicted octanol–water partition coefficient (Wildman–Crippen LogP) is 3.84. The lowest BCUT2D eigenvalue weighted by molar-refractivity contribution is 1.02. The summed E-state index contributed by atoms with van der Waals surface area (Å²) in [6, 6.07) is 1.68. The van der Waals surface area contributed by atoms with E-state index in [0.29, 0.717) is 10.0 Å². The van der Waals surface area contributed by atoms with Crippen LogP contribution in [0.4, 0.5) is 0 Å². The van der Waals surface area contributed by atoms with E-state index >= 15 is 0 Å². The molecule has 0 spiro atoms. The average Bonchev–Trinajstić information content (AvgIpc) is 1.85. The van der Waals surface area contributed by atoms with Crippen LogP contribution in [0.25, 0.3) is 0 Å². The molecule has 1 aromatic rings. The van der Waals surface area contributed by atoms with Crippen LogP contribution in [0.2, 0.25) is 10.0 Å². The lowest BCUT2D eigenvalue weighted by atomic mass is 10.3. The Labute approximate surface area is 83.9 Å². The molecule has 4 heteroatoms. The molecule has 0 saturated heterocycles. The summed E-state index contributed by atoms with van der Waals surface area (Å²) in [5.74, 6) is 0. The number of pyridine rings is 1. The van der Waals surface area contributed by atoms with Gasteiger partial charge in [0.1, 0.15) is 0 Å². The molecule has 11 heavy (non-hydrogen) atoms. The smallest absolute Gasteiger partial charge is 0.0724 e. The highest BCUT2D eigenvalue weighted by molar-refractivity contribution is 9.09. The van der Waals surface area contributed by atoms with Crippen molar-refractivity contribution >= 4 is 39.1 Å². The molecule has 60 valence electrons. The summed E-state index contributed by atoms with van der Waals surface area (Å²) < 4.78 is 0. The molecule has 1 heterocycles. The quantitative estimate of drug-likeness (QED) is 0.694. The van der Waals surface area contributed by atoms with E-state index in [0.717, 1.165) is 5.69 Å². The van der Waals surface area contributed by atoms with Gasteiger partial charge >= 0.3 is 0 Å². The molecule has 0 aliphatic heterocycles. The standard InChI is InChI=1S/C7H6BrCl2N/c1-4(8)7-6(10)2-5(9)3-11-7/h2-4H,1H3. The highest BCUT2D eigenvalue weighted by Gasteiger charge is 2.07. The van der Waals surface area contributed by atoms with Crippen molar-refractivity contribution in [2.75, 3.05) is 0 Å². The number of aromatic nitrogens is 1.